The molecule has 6 nitrogen and oxygen atoms in total. The Hall–Kier alpha value is -2.47. The highest BCUT2D eigenvalue weighted by atomic mass is 35.5. The monoisotopic (exact) mass is 400 g/mol. The van der Waals surface area contributed by atoms with Crippen LogP contribution in [0, 0.1) is 0 Å². The van der Waals surface area contributed by atoms with Gasteiger partial charge in [0.15, 0.2) is 0 Å². The van der Waals surface area contributed by atoms with Crippen LogP contribution >= 0.6 is 11.6 Å². The highest BCUT2D eigenvalue weighted by molar-refractivity contribution is 6.30. The van der Waals surface area contributed by atoms with Gasteiger partial charge in [0.25, 0.3) is 0 Å². The Morgan fingerprint density at radius 1 is 1.14 bits per heavy atom. The molecule has 0 unspecified atom stereocenters. The van der Waals surface area contributed by atoms with E-state index in [9.17, 15) is 4.79 Å². The molecule has 28 heavy (non-hydrogen) atoms. The number of nitrogens with zero attached hydrogens (tertiary/aromatic N) is 3. The van der Waals surface area contributed by atoms with E-state index in [1.807, 2.05) is 35.2 Å². The van der Waals surface area contributed by atoms with Crippen LogP contribution in [-0.4, -0.2) is 49.2 Å². The average Bonchev–Trinajstić information content (AvgIpc) is 2.73. The third-order valence-corrected chi connectivity index (χ3v) is 5.68. The summed E-state index contributed by atoms with van der Waals surface area (Å²) in [6, 6.07) is 9.75. The van der Waals surface area contributed by atoms with Gasteiger partial charge in [0.1, 0.15) is 5.69 Å². The third-order valence-electron chi connectivity index (χ3n) is 5.44. The predicted molar refractivity (Wildman–Crippen MR) is 112 cm³/mol. The number of anilines is 2. The SMILES string of the molecule is COc1nc2c(cc1NC(=O)N1CCN(c3cccc(Cl)c3)CC1)CCCC2. The second-order valence-corrected chi connectivity index (χ2v) is 7.68. The number of methoxy groups -OCH3 is 1. The van der Waals surface area contributed by atoms with E-state index < -0.39 is 0 Å². The fourth-order valence-corrected chi connectivity index (χ4v) is 4.08. The number of hydrogen-bond acceptors (Lipinski definition) is 4. The topological polar surface area (TPSA) is 57.7 Å². The molecule has 0 bridgehead atoms. The molecule has 1 saturated heterocycles. The van der Waals surface area contributed by atoms with Gasteiger partial charge in [0.05, 0.1) is 7.11 Å². The minimum atomic E-state index is -0.110. The van der Waals surface area contributed by atoms with E-state index in [2.05, 4.69) is 15.2 Å². The number of carbonyl (C=O) groups is 1. The van der Waals surface area contributed by atoms with Crippen molar-refractivity contribution in [2.45, 2.75) is 25.7 Å². The number of halogens is 1. The van der Waals surface area contributed by atoms with Crippen LogP contribution in [0.3, 0.4) is 0 Å². The lowest BCUT2D eigenvalue weighted by Crippen LogP contribution is -2.50. The lowest BCUT2D eigenvalue weighted by atomic mass is 9.96. The zero-order valence-corrected chi connectivity index (χ0v) is 16.8. The molecule has 1 aromatic carbocycles. The van der Waals surface area contributed by atoms with Gasteiger partial charge in [0.2, 0.25) is 5.88 Å². The van der Waals surface area contributed by atoms with Crippen molar-refractivity contribution in [2.75, 3.05) is 43.5 Å². The van der Waals surface area contributed by atoms with E-state index in [1.54, 1.807) is 7.11 Å². The van der Waals surface area contributed by atoms with Crippen molar-refractivity contribution < 1.29 is 9.53 Å². The largest absolute Gasteiger partial charge is 0.480 e. The fourth-order valence-electron chi connectivity index (χ4n) is 3.89. The number of hydrogen-bond donors (Lipinski definition) is 1. The highest BCUT2D eigenvalue weighted by Crippen LogP contribution is 2.30. The standard InChI is InChI=1S/C21H25ClN4O2/c1-28-20-19(13-15-5-2-3-8-18(15)23-20)24-21(27)26-11-9-25(10-12-26)17-7-4-6-16(22)14-17/h4,6-7,13-14H,2-3,5,8-12H2,1H3,(H,24,27). The van der Waals surface area contributed by atoms with Crippen molar-refractivity contribution in [3.8, 4) is 5.88 Å². The number of piperazine rings is 1. The summed E-state index contributed by atoms with van der Waals surface area (Å²) < 4.78 is 5.42. The number of amides is 2. The van der Waals surface area contributed by atoms with Gasteiger partial charge in [-0.3, -0.25) is 0 Å². The van der Waals surface area contributed by atoms with Crippen molar-refractivity contribution in [1.29, 1.82) is 0 Å². The average molecular weight is 401 g/mol. The van der Waals surface area contributed by atoms with Crippen molar-refractivity contribution in [3.05, 3.63) is 46.6 Å². The van der Waals surface area contributed by atoms with Crippen LogP contribution in [0.15, 0.2) is 30.3 Å². The molecule has 2 amide bonds. The molecule has 0 saturated carbocycles. The summed E-state index contributed by atoms with van der Waals surface area (Å²) in [6.07, 6.45) is 4.31. The van der Waals surface area contributed by atoms with E-state index in [1.165, 1.54) is 12.0 Å². The van der Waals surface area contributed by atoms with E-state index in [0.717, 1.165) is 48.8 Å². The zero-order chi connectivity index (χ0) is 19.5. The molecular formula is C21H25ClN4O2. The van der Waals surface area contributed by atoms with Crippen molar-refractivity contribution in [3.63, 3.8) is 0 Å². The maximum atomic E-state index is 12.8. The van der Waals surface area contributed by atoms with E-state index >= 15 is 0 Å². The van der Waals surface area contributed by atoms with Crippen LogP contribution in [0.4, 0.5) is 16.2 Å². The summed E-state index contributed by atoms with van der Waals surface area (Å²) in [5.74, 6) is 0.492. The second-order valence-electron chi connectivity index (χ2n) is 7.24. The van der Waals surface area contributed by atoms with E-state index in [4.69, 9.17) is 16.3 Å². The van der Waals surface area contributed by atoms with Crippen molar-refractivity contribution in [2.24, 2.45) is 0 Å². The molecule has 1 N–H and O–H groups in total. The first-order chi connectivity index (χ1) is 13.6. The molecule has 148 valence electrons. The number of carbonyl (C=O) groups excluding carboxylic acids is 1. The van der Waals surface area contributed by atoms with Gasteiger partial charge in [-0.1, -0.05) is 17.7 Å². The molecular weight excluding hydrogens is 376 g/mol. The van der Waals surface area contributed by atoms with Crippen molar-refractivity contribution in [1.82, 2.24) is 9.88 Å². The minimum Gasteiger partial charge on any atom is -0.480 e. The second kappa shape index (κ2) is 8.27. The van der Waals surface area contributed by atoms with Crippen LogP contribution < -0.4 is 15.0 Å². The highest BCUT2D eigenvalue weighted by Gasteiger charge is 2.23. The number of aromatic nitrogens is 1. The number of pyridine rings is 1. The Labute approximate surface area is 170 Å². The number of aryl methyl sites for hydroxylation is 2. The maximum Gasteiger partial charge on any atom is 0.322 e. The Morgan fingerprint density at radius 2 is 1.93 bits per heavy atom. The summed E-state index contributed by atoms with van der Waals surface area (Å²) in [4.78, 5) is 21.5. The first-order valence-electron chi connectivity index (χ1n) is 9.77. The number of ether oxygens (including phenoxy) is 1. The number of nitrogens with one attached hydrogen (secondary N) is 1. The molecule has 0 spiro atoms. The molecule has 4 rings (SSSR count). The van der Waals surface area contributed by atoms with Gasteiger partial charge in [-0.25, -0.2) is 9.78 Å². The molecule has 0 radical (unpaired) electrons. The van der Waals surface area contributed by atoms with Crippen LogP contribution in [0.2, 0.25) is 5.02 Å². The van der Waals surface area contributed by atoms with Gasteiger partial charge in [0, 0.05) is 42.6 Å². The smallest absolute Gasteiger partial charge is 0.322 e. The molecule has 1 fully saturated rings. The molecule has 2 aliphatic rings. The number of benzene rings is 1. The summed E-state index contributed by atoms with van der Waals surface area (Å²) in [7, 11) is 1.59. The van der Waals surface area contributed by atoms with Crippen LogP contribution in [0.25, 0.3) is 0 Å². The van der Waals surface area contributed by atoms with Crippen molar-refractivity contribution >= 4 is 29.0 Å². The molecule has 0 atom stereocenters. The Bertz CT molecular complexity index is 865. The lowest BCUT2D eigenvalue weighted by molar-refractivity contribution is 0.208. The third kappa shape index (κ3) is 4.02. The molecule has 7 heteroatoms. The van der Waals surface area contributed by atoms with E-state index in [0.29, 0.717) is 24.7 Å². The quantitative estimate of drug-likeness (QED) is 0.846. The molecule has 2 aromatic rings. The first-order valence-corrected chi connectivity index (χ1v) is 10.1. The van der Waals surface area contributed by atoms with Crippen LogP contribution in [0.1, 0.15) is 24.1 Å². The predicted octanol–water partition coefficient (Wildman–Crippen LogP) is 3.98. The summed E-state index contributed by atoms with van der Waals surface area (Å²) >= 11 is 6.09. The summed E-state index contributed by atoms with van der Waals surface area (Å²) in [5.41, 5.74) is 4.06. The Balaban J connectivity index is 1.41. The maximum absolute atomic E-state index is 12.8. The number of rotatable bonds is 3. The summed E-state index contributed by atoms with van der Waals surface area (Å²) in [5, 5.41) is 3.73. The van der Waals surface area contributed by atoms with Crippen LogP contribution in [-0.2, 0) is 12.8 Å². The van der Waals surface area contributed by atoms with Gasteiger partial charge in [-0.2, -0.15) is 0 Å². The van der Waals surface area contributed by atoms with E-state index in [-0.39, 0.29) is 6.03 Å². The molecule has 2 heterocycles. The molecule has 1 aromatic heterocycles. The van der Waals surface area contributed by atoms with Gasteiger partial charge in [-0.15, -0.1) is 0 Å². The molecule has 1 aliphatic heterocycles. The number of fused-ring (bicyclic) bond motifs is 1. The normalized spacial score (nSPS) is 16.5. The Morgan fingerprint density at radius 3 is 2.68 bits per heavy atom. The molecule has 1 aliphatic carbocycles. The summed E-state index contributed by atoms with van der Waals surface area (Å²) in [6.45, 7) is 2.85. The van der Waals surface area contributed by atoms with Gasteiger partial charge in [-0.05, 0) is 55.5 Å². The first kappa shape index (κ1) is 18.9. The van der Waals surface area contributed by atoms with Gasteiger partial charge < -0.3 is 19.9 Å². The Kier molecular flexibility index (Phi) is 5.57. The minimum absolute atomic E-state index is 0.110. The van der Waals surface area contributed by atoms with Gasteiger partial charge >= 0.3 is 6.03 Å². The lowest BCUT2D eigenvalue weighted by Gasteiger charge is -2.36. The zero-order valence-electron chi connectivity index (χ0n) is 16.1. The fraction of sp³-hybridized carbons (Fsp3) is 0.429. The number of urea groups is 1. The van der Waals surface area contributed by atoms with Crippen LogP contribution in [0.5, 0.6) is 5.88 Å².